The van der Waals surface area contributed by atoms with Crippen molar-refractivity contribution in [3.63, 3.8) is 0 Å². The first-order valence-corrected chi connectivity index (χ1v) is 22.5. The molecule has 1 fully saturated rings. The van der Waals surface area contributed by atoms with Gasteiger partial charge in [0.15, 0.2) is 5.60 Å². The van der Waals surface area contributed by atoms with Crippen LogP contribution >= 0.6 is 0 Å². The van der Waals surface area contributed by atoms with Crippen LogP contribution in [-0.2, 0) is 45.9 Å². The fourth-order valence-corrected chi connectivity index (χ4v) is 13.5. The van der Waals surface area contributed by atoms with Gasteiger partial charge in [0.25, 0.3) is 5.91 Å². The molecule has 2 amide bonds. The number of nitrogens with zero attached hydrogens (tertiary/aromatic N) is 5. The van der Waals surface area contributed by atoms with Crippen LogP contribution in [0.15, 0.2) is 97.2 Å². The molecule has 3 aliphatic heterocycles. The van der Waals surface area contributed by atoms with E-state index in [0.29, 0.717) is 38.1 Å². The molecule has 0 saturated carbocycles. The fraction of sp³-hybridized carbons (Fsp3) is 0.364. The Labute approximate surface area is 328 Å². The Hall–Kier alpha value is -5.30. The molecule has 12 heteroatoms. The Morgan fingerprint density at radius 1 is 0.911 bits per heavy atom. The van der Waals surface area contributed by atoms with E-state index in [2.05, 4.69) is 48.5 Å². The number of hydrogen-bond donors (Lipinski definition) is 1. The number of methoxy groups -OCH3 is 2. The van der Waals surface area contributed by atoms with Gasteiger partial charge in [-0.2, -0.15) is 0 Å². The van der Waals surface area contributed by atoms with Crippen molar-refractivity contribution in [3.8, 4) is 11.5 Å². The molecular formula is C44H49N5O6Si. The van der Waals surface area contributed by atoms with E-state index in [-0.39, 0.29) is 36.0 Å². The molecule has 0 aliphatic carbocycles. The van der Waals surface area contributed by atoms with Gasteiger partial charge < -0.3 is 24.2 Å². The largest absolute Gasteiger partial charge is 0.497 e. The third-order valence-electron chi connectivity index (χ3n) is 12.2. The molecule has 4 atom stereocenters. The quantitative estimate of drug-likeness (QED) is 0.147. The van der Waals surface area contributed by atoms with Crippen LogP contribution in [0.25, 0.3) is 0 Å². The Balaban J connectivity index is 1.17. The van der Waals surface area contributed by atoms with Gasteiger partial charge in [0.1, 0.15) is 11.5 Å². The fourth-order valence-electron chi connectivity index (χ4n) is 9.47. The van der Waals surface area contributed by atoms with Crippen LogP contribution in [-0.4, -0.2) is 66.9 Å². The summed E-state index contributed by atoms with van der Waals surface area (Å²) in [5.74, 6) is 1.21. The van der Waals surface area contributed by atoms with E-state index in [9.17, 15) is 9.90 Å². The standard InChI is InChI=1S/C44H49N5O6Si/c1-29-42(56(4,5)36-17-14-34(53-2)15-18-36)40(21-23-47-28-32(22-24-50)45-46-47)55-44(29)37-26-35(54-3)16-19-39(37)48(43(44)52)27-30-9-8-11-33(25-30)49-38-12-7-6-10-31(38)13-20-41(49)51/h6-12,14-19,25-26,28-29,40,42,50H,13,20-24,27H2,1-5H3/t29-,40+,42-,44+/m1/s1. The average Bonchev–Trinajstić information content (AvgIpc) is 3.86. The smallest absolute Gasteiger partial charge is 0.264 e. The number of aliphatic hydroxyl groups excluding tert-OH is 1. The molecule has 0 bridgehead atoms. The van der Waals surface area contributed by atoms with Crippen LogP contribution in [0.3, 0.4) is 0 Å². The number of rotatable bonds is 12. The molecule has 290 valence electrons. The lowest BCUT2D eigenvalue weighted by Crippen LogP contribution is -2.51. The zero-order chi connectivity index (χ0) is 39.2. The van der Waals surface area contributed by atoms with Gasteiger partial charge in [0.2, 0.25) is 5.91 Å². The van der Waals surface area contributed by atoms with E-state index >= 15 is 4.79 Å². The van der Waals surface area contributed by atoms with Gasteiger partial charge in [-0.05, 0) is 78.0 Å². The van der Waals surface area contributed by atoms with Gasteiger partial charge in [-0.3, -0.25) is 19.2 Å². The lowest BCUT2D eigenvalue weighted by Gasteiger charge is -2.37. The van der Waals surface area contributed by atoms with Gasteiger partial charge in [0, 0.05) is 49.4 Å². The van der Waals surface area contributed by atoms with Gasteiger partial charge >= 0.3 is 0 Å². The first kappa shape index (κ1) is 37.6. The highest BCUT2D eigenvalue weighted by Gasteiger charge is 2.66. The number of aromatic nitrogens is 3. The summed E-state index contributed by atoms with van der Waals surface area (Å²) < 4.78 is 20.4. The number of amides is 2. The SMILES string of the molecule is COc1ccc([Si](C)(C)[C@H]2[C@H](CCn3cc(CCO)nn3)O[C@@]3(C(=O)N(Cc4cccc(N5C(=O)CCc6ccccc65)c4)c4ccc(OC)cc43)[C@@H]2C)cc1. The highest BCUT2D eigenvalue weighted by molar-refractivity contribution is 6.91. The van der Waals surface area contributed by atoms with Crippen LogP contribution in [0.2, 0.25) is 18.6 Å². The second-order valence-electron chi connectivity index (χ2n) is 15.7. The summed E-state index contributed by atoms with van der Waals surface area (Å²) in [6.07, 6.45) is 3.81. The molecule has 56 heavy (non-hydrogen) atoms. The molecule has 1 spiro atoms. The highest BCUT2D eigenvalue weighted by Crippen LogP contribution is 2.60. The zero-order valence-electron chi connectivity index (χ0n) is 32.6. The monoisotopic (exact) mass is 771 g/mol. The Kier molecular flexibility index (Phi) is 10.1. The minimum atomic E-state index is -2.38. The number of benzene rings is 4. The molecule has 11 nitrogen and oxygen atoms in total. The molecule has 0 radical (unpaired) electrons. The van der Waals surface area contributed by atoms with Crippen molar-refractivity contribution in [2.75, 3.05) is 30.6 Å². The number of anilines is 3. The van der Waals surface area contributed by atoms with Crippen molar-refractivity contribution >= 4 is 42.1 Å². The zero-order valence-corrected chi connectivity index (χ0v) is 33.6. The molecule has 8 rings (SSSR count). The second kappa shape index (κ2) is 15.0. The molecule has 3 aliphatic rings. The predicted octanol–water partition coefficient (Wildman–Crippen LogP) is 6.29. The number of ether oxygens (including phenoxy) is 3. The highest BCUT2D eigenvalue weighted by atomic mass is 28.3. The molecule has 4 aromatic carbocycles. The number of para-hydroxylation sites is 1. The van der Waals surface area contributed by atoms with Crippen LogP contribution in [0.5, 0.6) is 11.5 Å². The molecular weight excluding hydrogens is 723 g/mol. The van der Waals surface area contributed by atoms with E-state index in [4.69, 9.17) is 14.2 Å². The summed E-state index contributed by atoms with van der Waals surface area (Å²) in [6, 6.07) is 30.2. The van der Waals surface area contributed by atoms with Crippen molar-refractivity contribution in [1.82, 2.24) is 15.0 Å². The second-order valence-corrected chi connectivity index (χ2v) is 20.4. The summed E-state index contributed by atoms with van der Waals surface area (Å²) in [4.78, 5) is 32.5. The van der Waals surface area contributed by atoms with Crippen molar-refractivity contribution in [3.05, 3.63) is 120 Å². The minimum absolute atomic E-state index is 0.00427. The summed E-state index contributed by atoms with van der Waals surface area (Å²) in [7, 11) is 0.936. The summed E-state index contributed by atoms with van der Waals surface area (Å²) in [5.41, 5.74) is 4.83. The minimum Gasteiger partial charge on any atom is -0.497 e. The van der Waals surface area contributed by atoms with E-state index in [1.165, 1.54) is 5.19 Å². The normalized spacial score (nSPS) is 21.8. The molecule has 5 aromatic rings. The van der Waals surface area contributed by atoms with Crippen molar-refractivity contribution in [2.45, 2.75) is 76.0 Å². The van der Waals surface area contributed by atoms with Gasteiger partial charge in [-0.15, -0.1) is 5.10 Å². The first-order valence-electron chi connectivity index (χ1n) is 19.4. The topological polar surface area (TPSA) is 119 Å². The predicted molar refractivity (Wildman–Crippen MR) is 218 cm³/mol. The lowest BCUT2D eigenvalue weighted by atomic mass is 9.82. The van der Waals surface area contributed by atoms with Gasteiger partial charge in [-0.25, -0.2) is 0 Å². The maximum atomic E-state index is 15.4. The number of carbonyl (C=O) groups is 2. The maximum Gasteiger partial charge on any atom is 0.264 e. The van der Waals surface area contributed by atoms with Crippen molar-refractivity contribution in [2.24, 2.45) is 5.92 Å². The van der Waals surface area contributed by atoms with E-state index < -0.39 is 13.7 Å². The number of hydrogen-bond acceptors (Lipinski definition) is 8. The van der Waals surface area contributed by atoms with Gasteiger partial charge in [-0.1, -0.05) is 72.9 Å². The van der Waals surface area contributed by atoms with Crippen LogP contribution in [0, 0.1) is 5.92 Å². The summed E-state index contributed by atoms with van der Waals surface area (Å²) >= 11 is 0. The third kappa shape index (κ3) is 6.39. The summed E-state index contributed by atoms with van der Waals surface area (Å²) in [5, 5.41) is 19.3. The molecule has 1 saturated heterocycles. The maximum absolute atomic E-state index is 15.4. The van der Waals surface area contributed by atoms with Crippen LogP contribution in [0.1, 0.15) is 42.1 Å². The number of fused-ring (bicyclic) bond motifs is 3. The third-order valence-corrected chi connectivity index (χ3v) is 16.6. The number of aryl methyl sites for hydroxylation is 2. The number of aliphatic hydroxyl groups is 1. The molecule has 4 heterocycles. The van der Waals surface area contributed by atoms with Crippen LogP contribution < -0.4 is 24.5 Å². The van der Waals surface area contributed by atoms with Gasteiger partial charge in [0.05, 0.1) is 52.0 Å². The van der Waals surface area contributed by atoms with Crippen molar-refractivity contribution in [1.29, 1.82) is 0 Å². The molecule has 1 aromatic heterocycles. The Bertz CT molecular complexity index is 2260. The average molecular weight is 772 g/mol. The number of carbonyl (C=O) groups excluding carboxylic acids is 2. The van der Waals surface area contributed by atoms with Crippen LogP contribution in [0.4, 0.5) is 17.1 Å². The Morgan fingerprint density at radius 2 is 1.68 bits per heavy atom. The lowest BCUT2D eigenvalue weighted by molar-refractivity contribution is -0.146. The Morgan fingerprint density at radius 3 is 2.45 bits per heavy atom. The van der Waals surface area contributed by atoms with E-state index in [1.54, 1.807) is 23.8 Å². The van der Waals surface area contributed by atoms with E-state index in [1.807, 2.05) is 83.9 Å². The molecule has 1 N–H and O–H groups in total. The van der Waals surface area contributed by atoms with Crippen molar-refractivity contribution < 1.29 is 28.9 Å². The molecule has 0 unspecified atom stereocenters. The van der Waals surface area contributed by atoms with E-state index in [0.717, 1.165) is 51.6 Å². The summed E-state index contributed by atoms with van der Waals surface area (Å²) in [6.45, 7) is 7.77. The first-order chi connectivity index (χ1) is 27.1.